The molecule has 65 valence electrons. The zero-order valence-corrected chi connectivity index (χ0v) is 7.33. The molecule has 0 bridgehead atoms. The number of aryl methyl sites for hydroxylation is 1. The fourth-order valence-corrected chi connectivity index (χ4v) is 1.18. The highest BCUT2D eigenvalue weighted by molar-refractivity contribution is 5.14. The first-order valence-electron chi connectivity index (χ1n) is 4.34. The minimum absolute atomic E-state index is 0.771. The summed E-state index contributed by atoms with van der Waals surface area (Å²) in [7, 11) is 3.33. The molecule has 0 unspecified atom stereocenters. The zero-order chi connectivity index (χ0) is 8.65. The van der Waals surface area contributed by atoms with E-state index >= 15 is 0 Å². The molecule has 12 heavy (non-hydrogen) atoms. The fraction of sp³-hybridized carbons (Fsp3) is 0.364. The first-order chi connectivity index (χ1) is 5.93. The number of ether oxygens (including phenoxy) is 1. The van der Waals surface area contributed by atoms with E-state index < -0.39 is 0 Å². The summed E-state index contributed by atoms with van der Waals surface area (Å²) in [5, 5.41) is 0. The predicted octanol–water partition coefficient (Wildman–Crippen LogP) is 2.82. The van der Waals surface area contributed by atoms with Crippen molar-refractivity contribution in [2.75, 3.05) is 6.61 Å². The van der Waals surface area contributed by atoms with E-state index in [0.29, 0.717) is 0 Å². The van der Waals surface area contributed by atoms with Gasteiger partial charge in [-0.25, -0.2) is 0 Å². The Morgan fingerprint density at radius 3 is 2.50 bits per heavy atom. The lowest BCUT2D eigenvalue weighted by Gasteiger charge is -1.99. The molecule has 0 aliphatic rings. The Labute approximate surface area is 74.4 Å². The van der Waals surface area contributed by atoms with Gasteiger partial charge in [0.05, 0.1) is 7.11 Å². The normalized spacial score (nSPS) is 10.1. The smallest absolute Gasteiger partial charge is 0.0700 e. The van der Waals surface area contributed by atoms with E-state index in [1.807, 2.05) is 6.07 Å². The van der Waals surface area contributed by atoms with E-state index in [1.54, 1.807) is 0 Å². The summed E-state index contributed by atoms with van der Waals surface area (Å²) >= 11 is 0. The third-order valence-electron chi connectivity index (χ3n) is 1.85. The van der Waals surface area contributed by atoms with Crippen molar-refractivity contribution in [1.29, 1.82) is 0 Å². The molecule has 0 N–H and O–H groups in total. The largest absolute Gasteiger partial charge is 0.379 e. The minimum atomic E-state index is 0.771. The lowest BCUT2D eigenvalue weighted by molar-refractivity contribution is 0.235. The van der Waals surface area contributed by atoms with Crippen molar-refractivity contribution in [2.45, 2.75) is 19.3 Å². The van der Waals surface area contributed by atoms with Crippen molar-refractivity contribution in [3.63, 3.8) is 0 Å². The molecular formula is C11H15O. The van der Waals surface area contributed by atoms with Gasteiger partial charge < -0.3 is 4.74 Å². The van der Waals surface area contributed by atoms with Crippen molar-refractivity contribution < 1.29 is 4.74 Å². The number of hydrogen-bond acceptors (Lipinski definition) is 1. The van der Waals surface area contributed by atoms with E-state index in [4.69, 9.17) is 4.74 Å². The van der Waals surface area contributed by atoms with Crippen molar-refractivity contribution in [1.82, 2.24) is 0 Å². The second-order valence-corrected chi connectivity index (χ2v) is 2.85. The Bertz CT molecular complexity index is 193. The van der Waals surface area contributed by atoms with Crippen LogP contribution in [0.2, 0.25) is 0 Å². The number of rotatable bonds is 5. The van der Waals surface area contributed by atoms with Gasteiger partial charge in [0, 0.05) is 6.61 Å². The van der Waals surface area contributed by atoms with Gasteiger partial charge >= 0.3 is 0 Å². The van der Waals surface area contributed by atoms with Crippen LogP contribution in [-0.4, -0.2) is 6.61 Å². The van der Waals surface area contributed by atoms with Crippen LogP contribution in [0.4, 0.5) is 0 Å². The van der Waals surface area contributed by atoms with Gasteiger partial charge in [0.15, 0.2) is 0 Å². The molecule has 1 radical (unpaired) electrons. The van der Waals surface area contributed by atoms with E-state index in [1.165, 1.54) is 12.0 Å². The Morgan fingerprint density at radius 1 is 1.08 bits per heavy atom. The SMILES string of the molecule is [CH2]OCCCCc1ccccc1. The number of hydrogen-bond donors (Lipinski definition) is 0. The van der Waals surface area contributed by atoms with Crippen molar-refractivity contribution in [3.8, 4) is 0 Å². The van der Waals surface area contributed by atoms with Gasteiger partial charge in [0.25, 0.3) is 0 Å². The molecule has 0 aliphatic carbocycles. The summed E-state index contributed by atoms with van der Waals surface area (Å²) in [6.45, 7) is 0.771. The molecule has 1 nitrogen and oxygen atoms in total. The highest BCUT2D eigenvalue weighted by Gasteiger charge is 1.90. The second-order valence-electron chi connectivity index (χ2n) is 2.85. The standard InChI is InChI=1S/C11H15O/c1-12-10-6-5-9-11-7-3-2-4-8-11/h2-4,7-8H,1,5-6,9-10H2. The maximum Gasteiger partial charge on any atom is 0.0700 e. The van der Waals surface area contributed by atoms with Gasteiger partial charge in [-0.2, -0.15) is 0 Å². The molecule has 0 saturated heterocycles. The van der Waals surface area contributed by atoms with Gasteiger partial charge in [0.1, 0.15) is 0 Å². The maximum atomic E-state index is 4.73. The number of unbranched alkanes of at least 4 members (excludes halogenated alkanes) is 1. The first-order valence-corrected chi connectivity index (χ1v) is 4.34. The molecule has 1 heteroatoms. The summed E-state index contributed by atoms with van der Waals surface area (Å²) < 4.78 is 4.73. The molecule has 0 aromatic heterocycles. The lowest BCUT2D eigenvalue weighted by atomic mass is 10.1. The van der Waals surface area contributed by atoms with Crippen LogP contribution >= 0.6 is 0 Å². The predicted molar refractivity (Wildman–Crippen MR) is 50.7 cm³/mol. The van der Waals surface area contributed by atoms with Crippen LogP contribution in [0, 0.1) is 7.11 Å². The third kappa shape index (κ3) is 3.54. The van der Waals surface area contributed by atoms with Gasteiger partial charge in [-0.1, -0.05) is 30.3 Å². The highest BCUT2D eigenvalue weighted by Crippen LogP contribution is 2.03. The van der Waals surface area contributed by atoms with Crippen LogP contribution in [0.15, 0.2) is 30.3 Å². The van der Waals surface area contributed by atoms with Crippen LogP contribution < -0.4 is 0 Å². The lowest BCUT2D eigenvalue weighted by Crippen LogP contribution is -1.89. The first kappa shape index (κ1) is 9.27. The van der Waals surface area contributed by atoms with E-state index in [9.17, 15) is 0 Å². The molecule has 0 fully saturated rings. The molecular weight excluding hydrogens is 148 g/mol. The molecule has 0 saturated carbocycles. The summed E-state index contributed by atoms with van der Waals surface area (Å²) in [6, 6.07) is 10.5. The van der Waals surface area contributed by atoms with Gasteiger partial charge in [-0.05, 0) is 24.8 Å². The topological polar surface area (TPSA) is 9.23 Å². The molecule has 1 aromatic carbocycles. The van der Waals surface area contributed by atoms with E-state index in [2.05, 4.69) is 31.4 Å². The van der Waals surface area contributed by atoms with E-state index in [0.717, 1.165) is 19.4 Å². The van der Waals surface area contributed by atoms with Crippen molar-refractivity contribution >= 4 is 0 Å². The van der Waals surface area contributed by atoms with Gasteiger partial charge in [0.2, 0.25) is 0 Å². The fourth-order valence-electron chi connectivity index (χ4n) is 1.18. The van der Waals surface area contributed by atoms with Crippen LogP contribution in [0.3, 0.4) is 0 Å². The maximum absolute atomic E-state index is 4.73. The summed E-state index contributed by atoms with van der Waals surface area (Å²) in [5.74, 6) is 0. The van der Waals surface area contributed by atoms with Gasteiger partial charge in [-0.15, -0.1) is 0 Å². The third-order valence-corrected chi connectivity index (χ3v) is 1.85. The van der Waals surface area contributed by atoms with Crippen LogP contribution in [0.25, 0.3) is 0 Å². The molecule has 0 aliphatic heterocycles. The zero-order valence-electron chi connectivity index (χ0n) is 7.33. The Hall–Kier alpha value is -0.820. The van der Waals surface area contributed by atoms with Gasteiger partial charge in [-0.3, -0.25) is 0 Å². The molecule has 0 atom stereocenters. The molecule has 0 spiro atoms. The van der Waals surface area contributed by atoms with E-state index in [-0.39, 0.29) is 0 Å². The second kappa shape index (κ2) is 5.78. The average Bonchev–Trinajstić information content (AvgIpc) is 2.14. The Balaban J connectivity index is 2.16. The monoisotopic (exact) mass is 163 g/mol. The van der Waals surface area contributed by atoms with Crippen molar-refractivity contribution in [2.24, 2.45) is 0 Å². The quantitative estimate of drug-likeness (QED) is 0.606. The Kier molecular flexibility index (Phi) is 4.47. The average molecular weight is 163 g/mol. The Morgan fingerprint density at radius 2 is 1.83 bits per heavy atom. The van der Waals surface area contributed by atoms with Crippen LogP contribution in [0.1, 0.15) is 18.4 Å². The molecule has 0 amide bonds. The van der Waals surface area contributed by atoms with Crippen molar-refractivity contribution in [3.05, 3.63) is 43.0 Å². The highest BCUT2D eigenvalue weighted by atomic mass is 16.5. The van der Waals surface area contributed by atoms with Crippen LogP contribution in [0.5, 0.6) is 0 Å². The van der Waals surface area contributed by atoms with Crippen LogP contribution in [-0.2, 0) is 11.2 Å². The number of benzene rings is 1. The summed E-state index contributed by atoms with van der Waals surface area (Å²) in [6.07, 6.45) is 3.42. The molecule has 1 aromatic rings. The summed E-state index contributed by atoms with van der Waals surface area (Å²) in [5.41, 5.74) is 1.40. The minimum Gasteiger partial charge on any atom is -0.379 e. The summed E-state index contributed by atoms with van der Waals surface area (Å²) in [4.78, 5) is 0. The molecule has 0 heterocycles. The molecule has 1 rings (SSSR count).